The summed E-state index contributed by atoms with van der Waals surface area (Å²) >= 11 is 10.1. The van der Waals surface area contributed by atoms with E-state index >= 15 is 0 Å². The van der Waals surface area contributed by atoms with Crippen LogP contribution in [0.5, 0.6) is 11.5 Å². The van der Waals surface area contributed by atoms with Crippen LogP contribution in [0.25, 0.3) is 0 Å². The second-order valence-corrected chi connectivity index (χ2v) is 12.4. The molecule has 0 fully saturated rings. The number of ether oxygens (including phenoxy) is 2. The number of hydrogen-bond donors (Lipinski definition) is 1. The zero-order chi connectivity index (χ0) is 28.6. The summed E-state index contributed by atoms with van der Waals surface area (Å²) in [6.45, 7) is 3.51. The van der Waals surface area contributed by atoms with E-state index in [4.69, 9.17) is 21.1 Å². The summed E-state index contributed by atoms with van der Waals surface area (Å²) in [5.41, 5.74) is 1.81. The molecule has 2 aromatic heterocycles. The van der Waals surface area contributed by atoms with Gasteiger partial charge in [0.05, 0.1) is 35.4 Å². The molecule has 5 rings (SSSR count). The number of thioether (sulfide) groups is 1. The van der Waals surface area contributed by atoms with Gasteiger partial charge in [0.2, 0.25) is 10.9 Å². The van der Waals surface area contributed by atoms with Crippen molar-refractivity contribution in [3.8, 4) is 11.5 Å². The maximum absolute atomic E-state index is 13.9. The van der Waals surface area contributed by atoms with E-state index in [-0.39, 0.29) is 10.7 Å². The Morgan fingerprint density at radius 2 is 1.88 bits per heavy atom. The third-order valence-corrected chi connectivity index (χ3v) is 9.75. The number of thiazole rings is 1. The van der Waals surface area contributed by atoms with Gasteiger partial charge >= 0.3 is 0 Å². The van der Waals surface area contributed by atoms with Crippen molar-refractivity contribution >= 4 is 62.9 Å². The molecule has 0 radical (unpaired) electrons. The number of para-hydroxylation sites is 1. The molecule has 1 aliphatic rings. The average Bonchev–Trinajstić information content (AvgIpc) is 3.62. The number of hydrogen-bond acceptors (Lipinski definition) is 11. The molecule has 0 saturated heterocycles. The lowest BCUT2D eigenvalue weighted by Gasteiger charge is -2.26. The van der Waals surface area contributed by atoms with Gasteiger partial charge in [-0.1, -0.05) is 65.0 Å². The van der Waals surface area contributed by atoms with Crippen LogP contribution >= 0.6 is 46.0 Å². The third-order valence-electron chi connectivity index (χ3n) is 6.20. The van der Waals surface area contributed by atoms with Crippen molar-refractivity contribution in [1.82, 2.24) is 15.2 Å². The number of carbonyl (C=O) groups is 2. The maximum Gasteiger partial charge on any atom is 0.296 e. The number of aliphatic hydroxyl groups excluding tert-OH is 1. The van der Waals surface area contributed by atoms with Crippen LogP contribution in [0.2, 0.25) is 5.02 Å². The van der Waals surface area contributed by atoms with Crippen LogP contribution in [-0.4, -0.2) is 46.2 Å². The Labute approximate surface area is 247 Å². The predicted molar refractivity (Wildman–Crippen MR) is 156 cm³/mol. The number of aryl methyl sites for hydroxylation is 2. The first-order valence-electron chi connectivity index (χ1n) is 11.9. The molecule has 40 heavy (non-hydrogen) atoms. The fourth-order valence-electron chi connectivity index (χ4n) is 4.43. The van der Waals surface area contributed by atoms with Gasteiger partial charge in [-0.15, -0.1) is 21.5 Å². The molecule has 4 aromatic rings. The summed E-state index contributed by atoms with van der Waals surface area (Å²) in [5.74, 6) is -0.649. The Bertz CT molecular complexity index is 1650. The molecule has 0 saturated carbocycles. The summed E-state index contributed by atoms with van der Waals surface area (Å²) in [5, 5.41) is 21.2. The molecular formula is C27H23ClN4O5S3. The standard InChI is InChI=1S/C27H23ClN4O5S3/c1-13-24(39-14(2)29-13)21(33)19-20(16-9-7-11-18(36-3)23(16)37-4)32(25(35)22(19)34)26-30-31-27(40-26)38-12-15-8-5-6-10-17(15)28/h5-11,20,34H,12H2,1-4H3. The molecule has 3 heterocycles. The first-order chi connectivity index (χ1) is 19.2. The number of nitrogens with zero attached hydrogens (tertiary/aromatic N) is 4. The number of methoxy groups -OCH3 is 2. The van der Waals surface area contributed by atoms with Gasteiger partial charge in [-0.2, -0.15) is 0 Å². The van der Waals surface area contributed by atoms with Gasteiger partial charge in [0, 0.05) is 16.3 Å². The highest BCUT2D eigenvalue weighted by Crippen LogP contribution is 2.48. The molecule has 1 atom stereocenters. The van der Waals surface area contributed by atoms with Gasteiger partial charge in [0.15, 0.2) is 21.6 Å². The number of benzene rings is 2. The van der Waals surface area contributed by atoms with Crippen molar-refractivity contribution in [2.75, 3.05) is 19.1 Å². The number of ketones is 1. The molecule has 2 aromatic carbocycles. The van der Waals surface area contributed by atoms with Crippen LogP contribution in [0.1, 0.15) is 37.5 Å². The zero-order valence-electron chi connectivity index (χ0n) is 21.8. The summed E-state index contributed by atoms with van der Waals surface area (Å²) in [4.78, 5) is 33.5. The minimum Gasteiger partial charge on any atom is -0.503 e. The number of anilines is 1. The van der Waals surface area contributed by atoms with Crippen LogP contribution in [0.4, 0.5) is 5.13 Å². The summed E-state index contributed by atoms with van der Waals surface area (Å²) in [7, 11) is 2.97. The van der Waals surface area contributed by atoms with E-state index in [0.717, 1.165) is 5.56 Å². The van der Waals surface area contributed by atoms with Crippen LogP contribution in [0, 0.1) is 13.8 Å². The SMILES string of the molecule is COc1cccc(C2C(C(=O)c3sc(C)nc3C)=C(O)C(=O)N2c2nnc(SCc3ccccc3Cl)s2)c1OC. The molecular weight excluding hydrogens is 592 g/mol. The van der Waals surface area contributed by atoms with E-state index in [9.17, 15) is 14.7 Å². The van der Waals surface area contributed by atoms with Crippen molar-refractivity contribution in [2.24, 2.45) is 0 Å². The smallest absolute Gasteiger partial charge is 0.296 e. The number of aliphatic hydroxyl groups is 1. The van der Waals surface area contributed by atoms with Gasteiger partial charge in [0.1, 0.15) is 6.04 Å². The molecule has 1 aliphatic heterocycles. The number of aromatic nitrogens is 3. The van der Waals surface area contributed by atoms with Gasteiger partial charge < -0.3 is 14.6 Å². The Hall–Kier alpha value is -3.45. The number of carbonyl (C=O) groups excluding carboxylic acids is 2. The highest BCUT2D eigenvalue weighted by atomic mass is 35.5. The van der Waals surface area contributed by atoms with Gasteiger partial charge in [-0.05, 0) is 31.5 Å². The number of halogens is 1. The Kier molecular flexibility index (Phi) is 8.13. The Morgan fingerprint density at radius 3 is 2.55 bits per heavy atom. The average molecular weight is 615 g/mol. The van der Waals surface area contributed by atoms with Crippen LogP contribution in [0.15, 0.2) is 58.1 Å². The van der Waals surface area contributed by atoms with Crippen molar-refractivity contribution in [1.29, 1.82) is 0 Å². The van der Waals surface area contributed by atoms with E-state index in [1.807, 2.05) is 24.3 Å². The minimum atomic E-state index is -1.05. The maximum atomic E-state index is 13.9. The molecule has 1 unspecified atom stereocenters. The topological polar surface area (TPSA) is 115 Å². The van der Waals surface area contributed by atoms with E-state index in [1.165, 1.54) is 53.6 Å². The minimum absolute atomic E-state index is 0.0937. The monoisotopic (exact) mass is 614 g/mol. The van der Waals surface area contributed by atoms with E-state index in [2.05, 4.69) is 15.2 Å². The normalized spacial score (nSPS) is 15.2. The fourth-order valence-corrected chi connectivity index (χ4v) is 7.46. The van der Waals surface area contributed by atoms with Crippen molar-refractivity contribution in [2.45, 2.75) is 30.0 Å². The number of Topliss-reactive ketones (excluding diaryl/α,β-unsaturated/α-hetero) is 1. The lowest BCUT2D eigenvalue weighted by Crippen LogP contribution is -2.31. The number of rotatable bonds is 9. The quantitative estimate of drug-likeness (QED) is 0.131. The highest BCUT2D eigenvalue weighted by molar-refractivity contribution is 8.00. The second-order valence-electron chi connectivity index (χ2n) is 8.63. The lowest BCUT2D eigenvalue weighted by molar-refractivity contribution is -0.117. The lowest BCUT2D eigenvalue weighted by atomic mass is 9.94. The van der Waals surface area contributed by atoms with E-state index < -0.39 is 23.5 Å². The van der Waals surface area contributed by atoms with Crippen molar-refractivity contribution in [3.05, 3.63) is 85.5 Å². The van der Waals surface area contributed by atoms with Crippen LogP contribution in [0.3, 0.4) is 0 Å². The van der Waals surface area contributed by atoms with Gasteiger partial charge in [-0.3, -0.25) is 14.5 Å². The van der Waals surface area contributed by atoms with Crippen LogP contribution in [-0.2, 0) is 10.5 Å². The molecule has 0 aliphatic carbocycles. The molecule has 1 amide bonds. The largest absolute Gasteiger partial charge is 0.503 e. The first kappa shape index (κ1) is 28.1. The third kappa shape index (κ3) is 5.07. The summed E-state index contributed by atoms with van der Waals surface area (Å²) in [6.07, 6.45) is 0. The highest BCUT2D eigenvalue weighted by Gasteiger charge is 2.48. The molecule has 13 heteroatoms. The molecule has 206 valence electrons. The molecule has 9 nitrogen and oxygen atoms in total. The first-order valence-corrected chi connectivity index (χ1v) is 14.9. The van der Waals surface area contributed by atoms with Crippen LogP contribution < -0.4 is 14.4 Å². The zero-order valence-corrected chi connectivity index (χ0v) is 25.0. The Morgan fingerprint density at radius 1 is 1.10 bits per heavy atom. The second kappa shape index (κ2) is 11.6. The summed E-state index contributed by atoms with van der Waals surface area (Å²) in [6, 6.07) is 11.6. The molecule has 1 N–H and O–H groups in total. The van der Waals surface area contributed by atoms with E-state index in [0.29, 0.717) is 47.8 Å². The number of amides is 1. The molecule has 0 bridgehead atoms. The van der Waals surface area contributed by atoms with Crippen molar-refractivity contribution < 1.29 is 24.2 Å². The predicted octanol–water partition coefficient (Wildman–Crippen LogP) is 6.36. The molecule has 0 spiro atoms. The van der Waals surface area contributed by atoms with Gasteiger partial charge in [-0.25, -0.2) is 4.98 Å². The van der Waals surface area contributed by atoms with E-state index in [1.54, 1.807) is 32.0 Å². The summed E-state index contributed by atoms with van der Waals surface area (Å²) < 4.78 is 11.7. The Balaban J connectivity index is 1.58. The fraction of sp³-hybridized carbons (Fsp3) is 0.222. The van der Waals surface area contributed by atoms with Crippen molar-refractivity contribution in [3.63, 3.8) is 0 Å². The van der Waals surface area contributed by atoms with Gasteiger partial charge in [0.25, 0.3) is 5.91 Å².